The number of allylic oxidation sites excluding steroid dienone is 2. The summed E-state index contributed by atoms with van der Waals surface area (Å²) >= 11 is 0. The topological polar surface area (TPSA) is 3.24 Å². The zero-order valence-electron chi connectivity index (χ0n) is 21.4. The predicted octanol–water partition coefficient (Wildman–Crippen LogP) is 9.73. The first-order valence-electron chi connectivity index (χ1n) is 13.8. The van der Waals surface area contributed by atoms with E-state index in [-0.39, 0.29) is 0 Å². The third-order valence-electron chi connectivity index (χ3n) is 6.48. The van der Waals surface area contributed by atoms with E-state index in [4.69, 9.17) is 0 Å². The number of unbranched alkanes of at least 4 members (excludes halogenated alkanes) is 12. The molecule has 0 N–H and O–H groups in total. The summed E-state index contributed by atoms with van der Waals surface area (Å²) in [6.45, 7) is 5.56. The van der Waals surface area contributed by atoms with Gasteiger partial charge in [0.05, 0.1) is 0 Å². The molecule has 2 rings (SSSR count). The summed E-state index contributed by atoms with van der Waals surface area (Å²) in [5.74, 6) is 0. The van der Waals surface area contributed by atoms with Crippen molar-refractivity contribution in [1.82, 2.24) is 4.90 Å². The molecule has 2 aromatic rings. The Bertz CT molecular complexity index is 649. The van der Waals surface area contributed by atoms with Gasteiger partial charge in [-0.25, -0.2) is 0 Å². The fourth-order valence-electron chi connectivity index (χ4n) is 4.48. The van der Waals surface area contributed by atoms with Crippen molar-refractivity contribution in [2.75, 3.05) is 6.54 Å². The molecule has 0 aliphatic rings. The van der Waals surface area contributed by atoms with Crippen LogP contribution in [0.25, 0.3) is 0 Å². The second-order valence-electron chi connectivity index (χ2n) is 9.62. The molecule has 182 valence electrons. The molecule has 0 amide bonds. The second kappa shape index (κ2) is 19.6. The molecular weight excluding hydrogens is 398 g/mol. The monoisotopic (exact) mass is 447 g/mol. The second-order valence-corrected chi connectivity index (χ2v) is 9.62. The van der Waals surface area contributed by atoms with E-state index >= 15 is 0 Å². The van der Waals surface area contributed by atoms with Crippen molar-refractivity contribution >= 4 is 0 Å². The molecule has 0 fully saturated rings. The number of nitrogens with zero attached hydrogens (tertiary/aromatic N) is 1. The van der Waals surface area contributed by atoms with Gasteiger partial charge in [0.25, 0.3) is 0 Å². The lowest BCUT2D eigenvalue weighted by Crippen LogP contribution is -2.24. The maximum Gasteiger partial charge on any atom is 0.0237 e. The Labute approximate surface area is 205 Å². The van der Waals surface area contributed by atoms with Crippen molar-refractivity contribution in [1.29, 1.82) is 0 Å². The van der Waals surface area contributed by atoms with Gasteiger partial charge >= 0.3 is 0 Å². The molecule has 0 heterocycles. The van der Waals surface area contributed by atoms with Gasteiger partial charge in [-0.1, -0.05) is 138 Å². The average molecular weight is 448 g/mol. The molecule has 0 radical (unpaired) electrons. The van der Waals surface area contributed by atoms with Gasteiger partial charge in [0.15, 0.2) is 0 Å². The predicted molar refractivity (Wildman–Crippen MR) is 146 cm³/mol. The van der Waals surface area contributed by atoms with Gasteiger partial charge in [-0.2, -0.15) is 0 Å². The molecule has 0 spiro atoms. The summed E-state index contributed by atoms with van der Waals surface area (Å²) in [5.41, 5.74) is 2.83. The van der Waals surface area contributed by atoms with Crippen LogP contribution in [0.2, 0.25) is 0 Å². The van der Waals surface area contributed by atoms with Gasteiger partial charge in [-0.15, -0.1) is 0 Å². The van der Waals surface area contributed by atoms with Crippen molar-refractivity contribution < 1.29 is 0 Å². The molecule has 1 nitrogen and oxygen atoms in total. The lowest BCUT2D eigenvalue weighted by atomic mass is 10.1. The van der Waals surface area contributed by atoms with Crippen molar-refractivity contribution in [3.8, 4) is 0 Å². The highest BCUT2D eigenvalue weighted by molar-refractivity contribution is 5.17. The highest BCUT2D eigenvalue weighted by Gasteiger charge is 2.07. The molecule has 0 saturated carbocycles. The molecule has 2 aromatic carbocycles. The third-order valence-corrected chi connectivity index (χ3v) is 6.48. The van der Waals surface area contributed by atoms with Gasteiger partial charge in [-0.05, 0) is 49.8 Å². The van der Waals surface area contributed by atoms with E-state index in [2.05, 4.69) is 84.6 Å². The number of hydrogen-bond acceptors (Lipinski definition) is 1. The van der Waals surface area contributed by atoms with E-state index in [1.807, 2.05) is 0 Å². The summed E-state index contributed by atoms with van der Waals surface area (Å²) in [5, 5.41) is 0. The maximum atomic E-state index is 2.61. The Hall–Kier alpha value is -1.86. The molecule has 0 atom stereocenters. The lowest BCUT2D eigenvalue weighted by Gasteiger charge is -2.22. The summed E-state index contributed by atoms with van der Waals surface area (Å²) < 4.78 is 0. The minimum absolute atomic E-state index is 1.04. The molecule has 1 heteroatoms. The minimum Gasteiger partial charge on any atom is -0.295 e. The maximum absolute atomic E-state index is 2.61. The first kappa shape index (κ1) is 27.4. The number of rotatable bonds is 20. The van der Waals surface area contributed by atoms with Crippen LogP contribution < -0.4 is 0 Å². The highest BCUT2D eigenvalue weighted by atomic mass is 15.1. The molecule has 0 bridgehead atoms. The van der Waals surface area contributed by atoms with Crippen molar-refractivity contribution in [2.45, 2.75) is 110 Å². The van der Waals surface area contributed by atoms with E-state index in [1.165, 1.54) is 108 Å². The summed E-state index contributed by atoms with van der Waals surface area (Å²) in [4.78, 5) is 2.61. The molecular formula is C32H49N. The zero-order chi connectivity index (χ0) is 23.2. The van der Waals surface area contributed by atoms with Crippen molar-refractivity contribution in [3.63, 3.8) is 0 Å². The van der Waals surface area contributed by atoms with Gasteiger partial charge in [0.2, 0.25) is 0 Å². The number of benzene rings is 2. The first-order chi connectivity index (χ1) is 16.4. The Balaban J connectivity index is 1.50. The quantitative estimate of drug-likeness (QED) is 0.144. The first-order valence-corrected chi connectivity index (χ1v) is 13.8. The number of hydrogen-bond donors (Lipinski definition) is 0. The third kappa shape index (κ3) is 14.8. The van der Waals surface area contributed by atoms with Crippen LogP contribution in [0, 0.1) is 0 Å². The minimum atomic E-state index is 1.04. The molecule has 33 heavy (non-hydrogen) atoms. The van der Waals surface area contributed by atoms with Crippen molar-refractivity contribution in [3.05, 3.63) is 83.9 Å². The van der Waals surface area contributed by atoms with Crippen LogP contribution in [0.4, 0.5) is 0 Å². The van der Waals surface area contributed by atoms with Crippen LogP contribution >= 0.6 is 0 Å². The Morgan fingerprint density at radius 1 is 0.515 bits per heavy atom. The van der Waals surface area contributed by atoms with Crippen LogP contribution in [0.3, 0.4) is 0 Å². The van der Waals surface area contributed by atoms with Crippen LogP contribution in [-0.4, -0.2) is 11.4 Å². The standard InChI is InChI=1S/C32H49N/c1-2-3-4-5-6-7-8-9-10-11-12-13-14-15-16-23-28-33(29-31-24-19-17-20-25-31)30-32-26-21-18-22-27-32/h8-9,17-22,24-27H,2-7,10-16,23,28-30H2,1H3/b9-8+. The average Bonchev–Trinajstić information content (AvgIpc) is 2.85. The van der Waals surface area contributed by atoms with E-state index < -0.39 is 0 Å². The van der Waals surface area contributed by atoms with E-state index in [1.54, 1.807) is 0 Å². The molecule has 0 aliphatic heterocycles. The van der Waals surface area contributed by atoms with Gasteiger partial charge < -0.3 is 0 Å². The largest absolute Gasteiger partial charge is 0.295 e. The van der Waals surface area contributed by atoms with Crippen LogP contribution in [0.15, 0.2) is 72.8 Å². The molecule has 0 unspecified atom stereocenters. The smallest absolute Gasteiger partial charge is 0.0237 e. The normalized spacial score (nSPS) is 11.6. The zero-order valence-corrected chi connectivity index (χ0v) is 21.4. The van der Waals surface area contributed by atoms with Crippen molar-refractivity contribution in [2.24, 2.45) is 0 Å². The fourth-order valence-corrected chi connectivity index (χ4v) is 4.48. The summed E-state index contributed by atoms with van der Waals surface area (Å²) in [6, 6.07) is 21.8. The van der Waals surface area contributed by atoms with E-state index in [0.29, 0.717) is 0 Å². The van der Waals surface area contributed by atoms with Crippen LogP contribution in [0.1, 0.15) is 108 Å². The molecule has 0 saturated heterocycles. The van der Waals surface area contributed by atoms with E-state index in [9.17, 15) is 0 Å². The molecule has 0 aliphatic carbocycles. The van der Waals surface area contributed by atoms with Gasteiger partial charge in [0, 0.05) is 13.1 Å². The lowest BCUT2D eigenvalue weighted by molar-refractivity contribution is 0.250. The Kier molecular flexibility index (Phi) is 16.3. The summed E-state index contributed by atoms with van der Waals surface area (Å²) in [7, 11) is 0. The van der Waals surface area contributed by atoms with Gasteiger partial charge in [-0.3, -0.25) is 4.90 Å². The molecule has 0 aromatic heterocycles. The van der Waals surface area contributed by atoms with Gasteiger partial charge in [0.1, 0.15) is 0 Å². The SMILES string of the molecule is CCCCCCC/C=C/CCCCCCCCCN(Cc1ccccc1)Cc1ccccc1. The van der Waals surface area contributed by atoms with Crippen LogP contribution in [-0.2, 0) is 13.1 Å². The summed E-state index contributed by atoms with van der Waals surface area (Å²) in [6.07, 6.45) is 24.0. The van der Waals surface area contributed by atoms with E-state index in [0.717, 1.165) is 13.1 Å². The fraction of sp³-hybridized carbons (Fsp3) is 0.562. The Morgan fingerprint density at radius 3 is 1.42 bits per heavy atom. The Morgan fingerprint density at radius 2 is 0.939 bits per heavy atom. The highest BCUT2D eigenvalue weighted by Crippen LogP contribution is 2.14. The van der Waals surface area contributed by atoms with Crippen LogP contribution in [0.5, 0.6) is 0 Å².